The van der Waals surface area contributed by atoms with Gasteiger partial charge in [-0.15, -0.1) is 0 Å². The van der Waals surface area contributed by atoms with Crippen LogP contribution in [0.3, 0.4) is 0 Å². The van der Waals surface area contributed by atoms with Crippen LogP contribution in [0.5, 0.6) is 0 Å². The third kappa shape index (κ3) is 2.81. The maximum Gasteiger partial charge on any atom is 0.235 e. The van der Waals surface area contributed by atoms with Gasteiger partial charge in [0.25, 0.3) is 0 Å². The summed E-state index contributed by atoms with van der Waals surface area (Å²) in [7, 11) is 0. The minimum atomic E-state index is -0.410. The van der Waals surface area contributed by atoms with Crippen molar-refractivity contribution in [2.75, 3.05) is 0 Å². The topological polar surface area (TPSA) is 48.1 Å². The Morgan fingerprint density at radius 2 is 1.61 bits per heavy atom. The summed E-state index contributed by atoms with van der Waals surface area (Å²) in [5.74, 6) is 2.86. The van der Waals surface area contributed by atoms with Gasteiger partial charge >= 0.3 is 0 Å². The summed E-state index contributed by atoms with van der Waals surface area (Å²) in [6.07, 6.45) is 11.2. The highest BCUT2D eigenvalue weighted by molar-refractivity contribution is 5.56. The molecular formula is C24H28N2O2. The first-order chi connectivity index (χ1) is 13.4. The van der Waals surface area contributed by atoms with Crippen molar-refractivity contribution in [3.05, 3.63) is 69.2 Å². The molecule has 4 aliphatic rings. The van der Waals surface area contributed by atoms with Crippen molar-refractivity contribution in [1.29, 1.82) is 0 Å². The fraction of sp³-hybridized carbons (Fsp3) is 0.500. The summed E-state index contributed by atoms with van der Waals surface area (Å²) < 4.78 is 2.20. The molecule has 146 valence electrons. The number of aryl methyl sites for hydroxylation is 1. The molecule has 28 heavy (non-hydrogen) atoms. The van der Waals surface area contributed by atoms with Gasteiger partial charge in [0.2, 0.25) is 6.20 Å². The molecule has 0 atom stereocenters. The van der Waals surface area contributed by atoms with Crippen LogP contribution in [0.15, 0.2) is 36.5 Å². The van der Waals surface area contributed by atoms with Crippen LogP contribution < -0.4 is 0 Å². The Kier molecular flexibility index (Phi) is 4.01. The van der Waals surface area contributed by atoms with Gasteiger partial charge in [-0.05, 0) is 99.3 Å². The Labute approximate surface area is 166 Å². The maximum absolute atomic E-state index is 10.7. The monoisotopic (exact) mass is 376 g/mol. The van der Waals surface area contributed by atoms with E-state index in [0.717, 1.165) is 46.6 Å². The molecule has 1 aromatic heterocycles. The molecule has 0 aliphatic heterocycles. The second-order valence-electron chi connectivity index (χ2n) is 9.51. The van der Waals surface area contributed by atoms with Crippen molar-refractivity contribution >= 4 is 6.08 Å². The molecule has 4 bridgehead atoms. The second-order valence-corrected chi connectivity index (χ2v) is 9.51. The minimum Gasteiger partial charge on any atom is -0.318 e. The van der Waals surface area contributed by atoms with Gasteiger partial charge in [0.1, 0.15) is 0 Å². The van der Waals surface area contributed by atoms with Gasteiger partial charge in [-0.25, -0.2) is 0 Å². The van der Waals surface area contributed by atoms with Gasteiger partial charge in [-0.2, -0.15) is 0 Å². The lowest BCUT2D eigenvalue weighted by Crippen LogP contribution is -2.48. The standard InChI is InChI=1S/C24H28N2O2/c1-16-9-21(7-8-25(27)28)17(2)26(16)23-5-3-22(4-6-23)24-13-18-10-19(14-24)12-20(11-18)15-24/h3-9,18-20H,10-15H2,1-2H3/b8-7+. The van der Waals surface area contributed by atoms with Crippen LogP contribution in [-0.2, 0) is 5.41 Å². The Morgan fingerprint density at radius 3 is 2.14 bits per heavy atom. The average molecular weight is 377 g/mol. The zero-order valence-electron chi connectivity index (χ0n) is 16.7. The van der Waals surface area contributed by atoms with Gasteiger partial charge in [0.15, 0.2) is 0 Å². The first kappa shape index (κ1) is 17.7. The molecule has 0 N–H and O–H groups in total. The van der Waals surface area contributed by atoms with Crippen molar-refractivity contribution in [2.24, 2.45) is 17.8 Å². The fourth-order valence-electron chi connectivity index (χ4n) is 6.92. The van der Waals surface area contributed by atoms with E-state index in [4.69, 9.17) is 0 Å². The van der Waals surface area contributed by atoms with E-state index in [1.165, 1.54) is 44.1 Å². The van der Waals surface area contributed by atoms with E-state index in [9.17, 15) is 10.1 Å². The predicted molar refractivity (Wildman–Crippen MR) is 111 cm³/mol. The Morgan fingerprint density at radius 1 is 1.04 bits per heavy atom. The van der Waals surface area contributed by atoms with E-state index < -0.39 is 4.92 Å². The summed E-state index contributed by atoms with van der Waals surface area (Å²) in [6.45, 7) is 4.09. The average Bonchev–Trinajstić information content (AvgIpc) is 2.92. The predicted octanol–water partition coefficient (Wildman–Crippen LogP) is 5.81. The fourth-order valence-corrected chi connectivity index (χ4v) is 6.92. The normalized spacial score (nSPS) is 31.0. The summed E-state index contributed by atoms with van der Waals surface area (Å²) in [4.78, 5) is 10.2. The highest BCUT2D eigenvalue weighted by Crippen LogP contribution is 2.60. The van der Waals surface area contributed by atoms with Crippen LogP contribution in [-0.4, -0.2) is 9.49 Å². The molecule has 0 amide bonds. The minimum absolute atomic E-state index is 0.410. The van der Waals surface area contributed by atoms with E-state index in [1.54, 1.807) is 6.08 Å². The van der Waals surface area contributed by atoms with Crippen LogP contribution in [0.25, 0.3) is 11.8 Å². The lowest BCUT2D eigenvalue weighted by molar-refractivity contribution is -0.400. The van der Waals surface area contributed by atoms with Crippen molar-refractivity contribution in [3.8, 4) is 5.69 Å². The van der Waals surface area contributed by atoms with Gasteiger partial charge in [0.05, 0.1) is 4.92 Å². The molecule has 4 fully saturated rings. The third-order valence-corrected chi connectivity index (χ3v) is 7.62. The summed E-state index contributed by atoms with van der Waals surface area (Å²) >= 11 is 0. The van der Waals surface area contributed by atoms with Gasteiger partial charge in [-0.1, -0.05) is 12.1 Å². The van der Waals surface area contributed by atoms with Crippen molar-refractivity contribution in [1.82, 2.24) is 4.57 Å². The Hall–Kier alpha value is -2.36. The SMILES string of the molecule is Cc1cc(/C=C/[N+](=O)[O-])c(C)n1-c1ccc(C23CC4CC(CC(C4)C2)C3)cc1. The first-order valence-corrected chi connectivity index (χ1v) is 10.5. The number of aromatic nitrogens is 1. The number of hydrogen-bond acceptors (Lipinski definition) is 2. The van der Waals surface area contributed by atoms with Gasteiger partial charge in [-0.3, -0.25) is 10.1 Å². The quantitative estimate of drug-likeness (QED) is 0.499. The summed E-state index contributed by atoms with van der Waals surface area (Å²) in [5.41, 5.74) is 6.14. The van der Waals surface area contributed by atoms with Crippen molar-refractivity contribution in [3.63, 3.8) is 0 Å². The molecule has 2 aromatic rings. The molecular weight excluding hydrogens is 348 g/mol. The van der Waals surface area contributed by atoms with Crippen LogP contribution in [0.2, 0.25) is 0 Å². The number of hydrogen-bond donors (Lipinski definition) is 0. The zero-order valence-corrected chi connectivity index (χ0v) is 16.7. The van der Waals surface area contributed by atoms with E-state index in [1.807, 2.05) is 13.0 Å². The van der Waals surface area contributed by atoms with Crippen LogP contribution in [0, 0.1) is 41.7 Å². The molecule has 0 spiro atoms. The molecule has 4 saturated carbocycles. The smallest absolute Gasteiger partial charge is 0.235 e. The van der Waals surface area contributed by atoms with Gasteiger partial charge < -0.3 is 4.57 Å². The zero-order chi connectivity index (χ0) is 19.5. The molecule has 4 nitrogen and oxygen atoms in total. The number of rotatable bonds is 4. The van der Waals surface area contributed by atoms with Crippen LogP contribution >= 0.6 is 0 Å². The Bertz CT molecular complexity index is 916. The molecule has 4 aliphatic carbocycles. The van der Waals surface area contributed by atoms with Crippen molar-refractivity contribution in [2.45, 2.75) is 57.8 Å². The molecule has 4 heteroatoms. The van der Waals surface area contributed by atoms with E-state index in [-0.39, 0.29) is 0 Å². The highest BCUT2D eigenvalue weighted by atomic mass is 16.6. The van der Waals surface area contributed by atoms with Crippen LogP contribution in [0.4, 0.5) is 0 Å². The van der Waals surface area contributed by atoms with E-state index in [2.05, 4.69) is 35.8 Å². The van der Waals surface area contributed by atoms with E-state index in [0.29, 0.717) is 5.41 Å². The van der Waals surface area contributed by atoms with Gasteiger partial charge in [0, 0.05) is 28.7 Å². The summed E-state index contributed by atoms with van der Waals surface area (Å²) in [6, 6.07) is 11.2. The maximum atomic E-state index is 10.7. The highest BCUT2D eigenvalue weighted by Gasteiger charge is 2.51. The first-order valence-electron chi connectivity index (χ1n) is 10.5. The summed E-state index contributed by atoms with van der Waals surface area (Å²) in [5, 5.41) is 10.7. The molecule has 1 aromatic carbocycles. The molecule has 0 unspecified atom stereocenters. The third-order valence-electron chi connectivity index (χ3n) is 7.62. The second kappa shape index (κ2) is 6.33. The lowest BCUT2D eigenvalue weighted by atomic mass is 9.48. The number of nitrogens with zero attached hydrogens (tertiary/aromatic N) is 2. The van der Waals surface area contributed by atoms with Crippen LogP contribution in [0.1, 0.15) is 61.0 Å². The largest absolute Gasteiger partial charge is 0.318 e. The lowest BCUT2D eigenvalue weighted by Gasteiger charge is -2.57. The number of benzene rings is 1. The molecule has 6 rings (SSSR count). The van der Waals surface area contributed by atoms with E-state index >= 15 is 0 Å². The van der Waals surface area contributed by atoms with Crippen molar-refractivity contribution < 1.29 is 4.92 Å². The molecule has 0 radical (unpaired) electrons. The number of nitro groups is 1. The Balaban J connectivity index is 1.46. The molecule has 0 saturated heterocycles. The molecule has 1 heterocycles.